The molecule has 19 heavy (non-hydrogen) atoms. The number of rotatable bonds is 3. The number of halogens is 1. The van der Waals surface area contributed by atoms with Crippen molar-refractivity contribution in [1.29, 1.82) is 0 Å². The van der Waals surface area contributed by atoms with Crippen LogP contribution < -0.4 is 11.1 Å². The number of carbonyl (C=O) groups is 1. The average Bonchev–Trinajstić information content (AvgIpc) is 2.42. The summed E-state index contributed by atoms with van der Waals surface area (Å²) in [4.78, 5) is 12.2. The van der Waals surface area contributed by atoms with E-state index in [2.05, 4.69) is 5.32 Å². The van der Waals surface area contributed by atoms with E-state index in [-0.39, 0.29) is 17.6 Å². The largest absolute Gasteiger partial charge is 0.330 e. The van der Waals surface area contributed by atoms with Gasteiger partial charge in [-0.3, -0.25) is 4.79 Å². The molecule has 0 saturated heterocycles. The minimum atomic E-state index is -0.279. The number of aryl methyl sites for hydroxylation is 1. The van der Waals surface area contributed by atoms with Gasteiger partial charge in [0.05, 0.1) is 0 Å². The summed E-state index contributed by atoms with van der Waals surface area (Å²) in [6.45, 7) is 2.51. The molecule has 1 aliphatic rings. The van der Waals surface area contributed by atoms with E-state index in [1.807, 2.05) is 0 Å². The Kier molecular flexibility index (Phi) is 4.53. The summed E-state index contributed by atoms with van der Waals surface area (Å²) in [7, 11) is 0. The highest BCUT2D eigenvalue weighted by Gasteiger charge is 2.25. The van der Waals surface area contributed by atoms with Gasteiger partial charge in [0.1, 0.15) is 5.82 Å². The van der Waals surface area contributed by atoms with Gasteiger partial charge in [-0.15, -0.1) is 0 Å². The van der Waals surface area contributed by atoms with E-state index < -0.39 is 0 Å². The number of hydrogen-bond donors (Lipinski definition) is 2. The maximum atomic E-state index is 13.0. The summed E-state index contributed by atoms with van der Waals surface area (Å²) in [5.41, 5.74) is 7.10. The zero-order chi connectivity index (χ0) is 13.8. The molecule has 0 heterocycles. The van der Waals surface area contributed by atoms with E-state index in [4.69, 9.17) is 5.73 Å². The molecule has 4 heteroatoms. The molecule has 1 saturated carbocycles. The molecule has 1 amide bonds. The van der Waals surface area contributed by atoms with Crippen LogP contribution in [0.25, 0.3) is 0 Å². The van der Waals surface area contributed by atoms with Crippen molar-refractivity contribution in [3.05, 3.63) is 29.6 Å². The number of nitrogens with two attached hydrogens (primary N) is 1. The van der Waals surface area contributed by atoms with Crippen LogP contribution in [0.15, 0.2) is 18.2 Å². The molecule has 0 atom stereocenters. The summed E-state index contributed by atoms with van der Waals surface area (Å²) in [5, 5.41) is 2.90. The third-order valence-corrected chi connectivity index (χ3v) is 4.00. The molecular formula is C15H21FN2O. The maximum absolute atomic E-state index is 13.0. The Hall–Kier alpha value is -1.42. The zero-order valence-electron chi connectivity index (χ0n) is 11.3. The van der Waals surface area contributed by atoms with Crippen LogP contribution in [0, 0.1) is 24.6 Å². The monoisotopic (exact) mass is 264 g/mol. The van der Waals surface area contributed by atoms with Crippen molar-refractivity contribution in [1.82, 2.24) is 0 Å². The van der Waals surface area contributed by atoms with Crippen LogP contribution in [-0.2, 0) is 4.79 Å². The van der Waals surface area contributed by atoms with Gasteiger partial charge in [0.2, 0.25) is 5.91 Å². The summed E-state index contributed by atoms with van der Waals surface area (Å²) >= 11 is 0. The van der Waals surface area contributed by atoms with Crippen LogP contribution in [-0.4, -0.2) is 12.5 Å². The molecule has 0 unspecified atom stereocenters. The van der Waals surface area contributed by atoms with Gasteiger partial charge in [-0.25, -0.2) is 4.39 Å². The average molecular weight is 264 g/mol. The smallest absolute Gasteiger partial charge is 0.227 e. The van der Waals surface area contributed by atoms with E-state index in [1.54, 1.807) is 13.0 Å². The fourth-order valence-corrected chi connectivity index (χ4v) is 2.66. The molecule has 0 aliphatic heterocycles. The quantitative estimate of drug-likeness (QED) is 0.882. The number of nitrogens with one attached hydrogen (secondary N) is 1. The lowest BCUT2D eigenvalue weighted by Gasteiger charge is -2.27. The van der Waals surface area contributed by atoms with E-state index in [9.17, 15) is 9.18 Å². The van der Waals surface area contributed by atoms with Crippen LogP contribution in [0.1, 0.15) is 31.2 Å². The van der Waals surface area contributed by atoms with Gasteiger partial charge >= 0.3 is 0 Å². The predicted molar refractivity (Wildman–Crippen MR) is 74.3 cm³/mol. The van der Waals surface area contributed by atoms with Crippen LogP contribution in [0.2, 0.25) is 0 Å². The summed E-state index contributed by atoms with van der Waals surface area (Å²) < 4.78 is 13.0. The molecule has 3 nitrogen and oxygen atoms in total. The first-order chi connectivity index (χ1) is 9.10. The Bertz CT molecular complexity index is 453. The van der Waals surface area contributed by atoms with Gasteiger partial charge < -0.3 is 11.1 Å². The Labute approximate surface area is 113 Å². The topological polar surface area (TPSA) is 55.1 Å². The molecule has 0 aromatic heterocycles. The van der Waals surface area contributed by atoms with Crippen molar-refractivity contribution in [3.63, 3.8) is 0 Å². The number of benzene rings is 1. The fourth-order valence-electron chi connectivity index (χ4n) is 2.66. The van der Waals surface area contributed by atoms with Gasteiger partial charge in [-0.1, -0.05) is 0 Å². The number of anilines is 1. The second-order valence-corrected chi connectivity index (χ2v) is 5.40. The fraction of sp³-hybridized carbons (Fsp3) is 0.533. The van der Waals surface area contributed by atoms with Gasteiger partial charge in [-0.05, 0) is 68.8 Å². The van der Waals surface area contributed by atoms with E-state index in [0.29, 0.717) is 18.2 Å². The Balaban J connectivity index is 1.94. The van der Waals surface area contributed by atoms with Crippen molar-refractivity contribution in [2.24, 2.45) is 17.6 Å². The third kappa shape index (κ3) is 3.53. The van der Waals surface area contributed by atoms with Crippen molar-refractivity contribution >= 4 is 11.6 Å². The van der Waals surface area contributed by atoms with Crippen molar-refractivity contribution < 1.29 is 9.18 Å². The minimum Gasteiger partial charge on any atom is -0.330 e. The SMILES string of the molecule is Cc1cc(F)ccc1NC(=O)C1CCC(CN)CC1. The molecule has 1 fully saturated rings. The van der Waals surface area contributed by atoms with Crippen LogP contribution in [0.5, 0.6) is 0 Å². The minimum absolute atomic E-state index is 0.0465. The molecule has 1 aromatic carbocycles. The second-order valence-electron chi connectivity index (χ2n) is 5.40. The highest BCUT2D eigenvalue weighted by atomic mass is 19.1. The van der Waals surface area contributed by atoms with Gasteiger partial charge in [-0.2, -0.15) is 0 Å². The van der Waals surface area contributed by atoms with Crippen LogP contribution >= 0.6 is 0 Å². The van der Waals surface area contributed by atoms with Gasteiger partial charge in [0.25, 0.3) is 0 Å². The predicted octanol–water partition coefficient (Wildman–Crippen LogP) is 2.84. The van der Waals surface area contributed by atoms with E-state index in [1.165, 1.54) is 12.1 Å². The third-order valence-electron chi connectivity index (χ3n) is 4.00. The number of hydrogen-bond acceptors (Lipinski definition) is 2. The number of amides is 1. The Morgan fingerprint density at radius 2 is 2.05 bits per heavy atom. The van der Waals surface area contributed by atoms with E-state index in [0.717, 1.165) is 31.2 Å². The molecule has 2 rings (SSSR count). The lowest BCUT2D eigenvalue weighted by Crippen LogP contribution is -2.29. The molecule has 1 aliphatic carbocycles. The van der Waals surface area contributed by atoms with Crippen molar-refractivity contribution in [3.8, 4) is 0 Å². The number of carbonyl (C=O) groups excluding carboxylic acids is 1. The highest BCUT2D eigenvalue weighted by molar-refractivity contribution is 5.93. The first kappa shape index (κ1) is 14.0. The Morgan fingerprint density at radius 1 is 1.37 bits per heavy atom. The standard InChI is InChI=1S/C15H21FN2O/c1-10-8-13(16)6-7-14(10)18-15(19)12-4-2-11(9-17)3-5-12/h6-8,11-12H,2-5,9,17H2,1H3,(H,18,19). The molecule has 0 bridgehead atoms. The first-order valence-electron chi connectivity index (χ1n) is 6.87. The van der Waals surface area contributed by atoms with Gasteiger partial charge in [0.15, 0.2) is 0 Å². The van der Waals surface area contributed by atoms with Crippen molar-refractivity contribution in [2.45, 2.75) is 32.6 Å². The summed E-state index contributed by atoms with van der Waals surface area (Å²) in [6, 6.07) is 4.42. The van der Waals surface area contributed by atoms with Crippen LogP contribution in [0.4, 0.5) is 10.1 Å². The second kappa shape index (κ2) is 6.15. The lowest BCUT2D eigenvalue weighted by atomic mass is 9.81. The summed E-state index contributed by atoms with van der Waals surface area (Å²) in [5.74, 6) is 0.396. The molecule has 0 radical (unpaired) electrons. The molecule has 0 spiro atoms. The zero-order valence-corrected chi connectivity index (χ0v) is 11.3. The van der Waals surface area contributed by atoms with Crippen molar-refractivity contribution in [2.75, 3.05) is 11.9 Å². The van der Waals surface area contributed by atoms with E-state index >= 15 is 0 Å². The lowest BCUT2D eigenvalue weighted by molar-refractivity contribution is -0.121. The maximum Gasteiger partial charge on any atom is 0.227 e. The molecule has 1 aromatic rings. The molecule has 3 N–H and O–H groups in total. The molecular weight excluding hydrogens is 243 g/mol. The van der Waals surface area contributed by atoms with Gasteiger partial charge in [0, 0.05) is 11.6 Å². The highest BCUT2D eigenvalue weighted by Crippen LogP contribution is 2.29. The first-order valence-corrected chi connectivity index (χ1v) is 6.87. The summed E-state index contributed by atoms with van der Waals surface area (Å²) in [6.07, 6.45) is 3.84. The Morgan fingerprint density at radius 3 is 2.63 bits per heavy atom. The normalized spacial score (nSPS) is 23.1. The van der Waals surface area contributed by atoms with Crippen LogP contribution in [0.3, 0.4) is 0 Å². The molecule has 104 valence electrons.